The van der Waals surface area contributed by atoms with E-state index < -0.39 is 0 Å². The molecule has 0 saturated heterocycles. The van der Waals surface area contributed by atoms with Crippen molar-refractivity contribution in [3.8, 4) is 11.4 Å². The molecule has 1 N–H and O–H groups in total. The van der Waals surface area contributed by atoms with Gasteiger partial charge in [0.05, 0.1) is 0 Å². The Bertz CT molecular complexity index is 495. The average molecular weight is 249 g/mol. The summed E-state index contributed by atoms with van der Waals surface area (Å²) in [7, 11) is 1.92. The van der Waals surface area contributed by atoms with Crippen molar-refractivity contribution in [2.24, 2.45) is 0 Å². The summed E-state index contributed by atoms with van der Waals surface area (Å²) >= 11 is 0. The van der Waals surface area contributed by atoms with E-state index in [1.54, 1.807) is 12.1 Å². The van der Waals surface area contributed by atoms with Gasteiger partial charge in [0.2, 0.25) is 11.7 Å². The van der Waals surface area contributed by atoms with Gasteiger partial charge in [-0.25, -0.2) is 4.39 Å². The van der Waals surface area contributed by atoms with Crippen molar-refractivity contribution in [3.05, 3.63) is 36.0 Å². The van der Waals surface area contributed by atoms with Gasteiger partial charge in [-0.15, -0.1) is 0 Å². The molecule has 96 valence electrons. The minimum atomic E-state index is -0.273. The van der Waals surface area contributed by atoms with Crippen molar-refractivity contribution in [2.45, 2.75) is 25.8 Å². The van der Waals surface area contributed by atoms with Crippen LogP contribution in [0.25, 0.3) is 11.4 Å². The predicted molar refractivity (Wildman–Crippen MR) is 66.5 cm³/mol. The molecule has 0 bridgehead atoms. The molecule has 4 nitrogen and oxygen atoms in total. The second-order valence-electron chi connectivity index (χ2n) is 4.25. The average Bonchev–Trinajstić information content (AvgIpc) is 2.85. The topological polar surface area (TPSA) is 51.0 Å². The second kappa shape index (κ2) is 5.73. The molecule has 18 heavy (non-hydrogen) atoms. The lowest BCUT2D eigenvalue weighted by atomic mass is 10.2. The minimum Gasteiger partial charge on any atom is -0.339 e. The summed E-state index contributed by atoms with van der Waals surface area (Å²) in [6.07, 6.45) is 1.66. The van der Waals surface area contributed by atoms with E-state index in [4.69, 9.17) is 4.52 Å². The third kappa shape index (κ3) is 3.13. The third-order valence-corrected chi connectivity index (χ3v) is 2.85. The zero-order chi connectivity index (χ0) is 13.0. The molecule has 2 aromatic rings. The van der Waals surface area contributed by atoms with Crippen LogP contribution in [0, 0.1) is 5.82 Å². The highest BCUT2D eigenvalue weighted by atomic mass is 19.1. The van der Waals surface area contributed by atoms with Crippen LogP contribution in [0.5, 0.6) is 0 Å². The number of nitrogens with zero attached hydrogens (tertiary/aromatic N) is 2. The maximum absolute atomic E-state index is 12.8. The number of aryl methyl sites for hydroxylation is 1. The van der Waals surface area contributed by atoms with E-state index in [1.807, 2.05) is 7.05 Å². The highest BCUT2D eigenvalue weighted by Gasteiger charge is 2.09. The summed E-state index contributed by atoms with van der Waals surface area (Å²) in [5.41, 5.74) is 0.757. The van der Waals surface area contributed by atoms with Crippen LogP contribution >= 0.6 is 0 Å². The fraction of sp³-hybridized carbons (Fsp3) is 0.385. The summed E-state index contributed by atoms with van der Waals surface area (Å²) in [5.74, 6) is 0.837. The number of benzene rings is 1. The van der Waals surface area contributed by atoms with Gasteiger partial charge in [0.15, 0.2) is 0 Å². The molecule has 0 aliphatic carbocycles. The Balaban J connectivity index is 2.03. The number of halogens is 1. The Kier molecular flexibility index (Phi) is 4.04. The second-order valence-corrected chi connectivity index (χ2v) is 4.25. The van der Waals surface area contributed by atoms with E-state index in [0.29, 0.717) is 17.8 Å². The van der Waals surface area contributed by atoms with Crippen LogP contribution in [0.15, 0.2) is 28.8 Å². The van der Waals surface area contributed by atoms with Gasteiger partial charge < -0.3 is 9.84 Å². The summed E-state index contributed by atoms with van der Waals surface area (Å²) in [4.78, 5) is 4.29. The highest BCUT2D eigenvalue weighted by Crippen LogP contribution is 2.16. The Morgan fingerprint density at radius 1 is 1.33 bits per heavy atom. The molecule has 1 atom stereocenters. The first kappa shape index (κ1) is 12.7. The van der Waals surface area contributed by atoms with E-state index in [1.165, 1.54) is 12.1 Å². The molecular formula is C13H16FN3O. The molecule has 1 aromatic heterocycles. The molecule has 0 fully saturated rings. The fourth-order valence-corrected chi connectivity index (χ4v) is 1.56. The number of rotatable bonds is 5. The molecule has 1 heterocycles. The number of hydrogen-bond donors (Lipinski definition) is 1. The van der Waals surface area contributed by atoms with Crippen molar-refractivity contribution in [3.63, 3.8) is 0 Å². The first-order valence-corrected chi connectivity index (χ1v) is 5.95. The van der Waals surface area contributed by atoms with Crippen LogP contribution in [-0.2, 0) is 6.42 Å². The molecule has 0 aliphatic rings. The Morgan fingerprint density at radius 2 is 2.06 bits per heavy atom. The standard InChI is InChI=1S/C13H16FN3O/c1-9(15-2)3-8-12-16-13(17-18-12)10-4-6-11(14)7-5-10/h4-7,9,15H,3,8H2,1-2H3. The van der Waals surface area contributed by atoms with Gasteiger partial charge in [0.1, 0.15) is 5.82 Å². The van der Waals surface area contributed by atoms with Crippen LogP contribution < -0.4 is 5.32 Å². The molecular weight excluding hydrogens is 233 g/mol. The van der Waals surface area contributed by atoms with Crippen molar-refractivity contribution in [1.29, 1.82) is 0 Å². The molecule has 0 saturated carbocycles. The summed E-state index contributed by atoms with van der Waals surface area (Å²) in [6.45, 7) is 2.09. The first-order chi connectivity index (χ1) is 8.69. The maximum Gasteiger partial charge on any atom is 0.227 e. The Hall–Kier alpha value is -1.75. The number of aromatic nitrogens is 2. The zero-order valence-electron chi connectivity index (χ0n) is 10.5. The van der Waals surface area contributed by atoms with Crippen molar-refractivity contribution < 1.29 is 8.91 Å². The predicted octanol–water partition coefficient (Wildman–Crippen LogP) is 2.42. The molecule has 2 rings (SSSR count). The van der Waals surface area contributed by atoms with E-state index in [9.17, 15) is 4.39 Å². The third-order valence-electron chi connectivity index (χ3n) is 2.85. The zero-order valence-corrected chi connectivity index (χ0v) is 10.5. The lowest BCUT2D eigenvalue weighted by Crippen LogP contribution is -2.21. The van der Waals surface area contributed by atoms with Gasteiger partial charge >= 0.3 is 0 Å². The van der Waals surface area contributed by atoms with Crippen LogP contribution in [0.2, 0.25) is 0 Å². The molecule has 1 unspecified atom stereocenters. The van der Waals surface area contributed by atoms with Crippen LogP contribution in [0.1, 0.15) is 19.2 Å². The van der Waals surface area contributed by atoms with E-state index in [-0.39, 0.29) is 5.82 Å². The monoisotopic (exact) mass is 249 g/mol. The summed E-state index contributed by atoms with van der Waals surface area (Å²) in [6, 6.07) is 6.45. The summed E-state index contributed by atoms with van der Waals surface area (Å²) < 4.78 is 17.9. The molecule has 5 heteroatoms. The van der Waals surface area contributed by atoms with Gasteiger partial charge in [0.25, 0.3) is 0 Å². The highest BCUT2D eigenvalue weighted by molar-refractivity contribution is 5.53. The van der Waals surface area contributed by atoms with Crippen LogP contribution in [-0.4, -0.2) is 23.2 Å². The first-order valence-electron chi connectivity index (χ1n) is 5.95. The molecule has 0 radical (unpaired) electrons. The molecule has 0 amide bonds. The van der Waals surface area contributed by atoms with E-state index >= 15 is 0 Å². The van der Waals surface area contributed by atoms with Gasteiger partial charge in [0, 0.05) is 18.0 Å². The van der Waals surface area contributed by atoms with Crippen molar-refractivity contribution in [2.75, 3.05) is 7.05 Å². The number of nitrogens with one attached hydrogen (secondary N) is 1. The fourth-order valence-electron chi connectivity index (χ4n) is 1.56. The van der Waals surface area contributed by atoms with E-state index in [0.717, 1.165) is 18.4 Å². The minimum absolute atomic E-state index is 0.273. The normalized spacial score (nSPS) is 12.6. The molecule has 1 aromatic carbocycles. The Labute approximate surface area is 105 Å². The van der Waals surface area contributed by atoms with Gasteiger partial charge in [-0.3, -0.25) is 0 Å². The molecule has 0 spiro atoms. The van der Waals surface area contributed by atoms with Crippen LogP contribution in [0.4, 0.5) is 4.39 Å². The van der Waals surface area contributed by atoms with E-state index in [2.05, 4.69) is 22.4 Å². The van der Waals surface area contributed by atoms with Gasteiger partial charge in [-0.05, 0) is 44.7 Å². The largest absolute Gasteiger partial charge is 0.339 e. The molecule has 0 aliphatic heterocycles. The lowest BCUT2D eigenvalue weighted by Gasteiger charge is -2.06. The lowest BCUT2D eigenvalue weighted by molar-refractivity contribution is 0.369. The Morgan fingerprint density at radius 3 is 2.72 bits per heavy atom. The summed E-state index contributed by atoms with van der Waals surface area (Å²) in [5, 5.41) is 7.04. The SMILES string of the molecule is CNC(C)CCc1nc(-c2ccc(F)cc2)no1. The quantitative estimate of drug-likeness (QED) is 0.884. The number of hydrogen-bond acceptors (Lipinski definition) is 4. The van der Waals surface area contributed by atoms with Gasteiger partial charge in [-0.2, -0.15) is 4.98 Å². The smallest absolute Gasteiger partial charge is 0.227 e. The van der Waals surface area contributed by atoms with Gasteiger partial charge in [-0.1, -0.05) is 5.16 Å². The van der Waals surface area contributed by atoms with Crippen molar-refractivity contribution in [1.82, 2.24) is 15.5 Å². The maximum atomic E-state index is 12.8. The van der Waals surface area contributed by atoms with Crippen molar-refractivity contribution >= 4 is 0 Å². The van der Waals surface area contributed by atoms with Crippen LogP contribution in [0.3, 0.4) is 0 Å².